The Labute approximate surface area is 192 Å². The van der Waals surface area contributed by atoms with Gasteiger partial charge < -0.3 is 15.0 Å². The highest BCUT2D eigenvalue weighted by Gasteiger charge is 2.53. The number of likely N-dealkylation sites (N-methyl/N-ethyl adjacent to an activating group) is 2. The van der Waals surface area contributed by atoms with Gasteiger partial charge in [-0.25, -0.2) is 9.69 Å². The summed E-state index contributed by atoms with van der Waals surface area (Å²) in [6.07, 6.45) is 3.39. The number of carbonyl (C=O) groups excluding carboxylic acids is 2. The number of carbonyl (C=O) groups is 2. The molecular formula is C25H38N4O3. The van der Waals surface area contributed by atoms with Crippen LogP contribution in [0.1, 0.15) is 53.4 Å². The molecule has 0 aromatic heterocycles. The van der Waals surface area contributed by atoms with Crippen LogP contribution in [0.25, 0.3) is 0 Å². The molecule has 32 heavy (non-hydrogen) atoms. The zero-order chi connectivity index (χ0) is 23.1. The highest BCUT2D eigenvalue weighted by atomic mass is 16.5. The monoisotopic (exact) mass is 442 g/mol. The zero-order valence-electron chi connectivity index (χ0n) is 20.2. The fraction of sp³-hybridized carbons (Fsp3) is 0.680. The Hall–Kier alpha value is -2.28. The molecule has 4 rings (SSSR count). The van der Waals surface area contributed by atoms with Gasteiger partial charge in [-0.15, -0.1) is 0 Å². The second kappa shape index (κ2) is 8.58. The summed E-state index contributed by atoms with van der Waals surface area (Å²) in [5.74, 6) is 1.41. The van der Waals surface area contributed by atoms with Crippen LogP contribution < -0.4 is 15.0 Å². The lowest BCUT2D eigenvalue weighted by atomic mass is 9.67. The minimum Gasteiger partial charge on any atom is -0.485 e. The number of nitrogens with one attached hydrogen (secondary N) is 1. The molecule has 2 aliphatic heterocycles. The van der Waals surface area contributed by atoms with Gasteiger partial charge >= 0.3 is 6.03 Å². The first-order chi connectivity index (χ1) is 15.1. The molecule has 3 aliphatic rings. The van der Waals surface area contributed by atoms with Crippen molar-refractivity contribution in [1.82, 2.24) is 15.1 Å². The number of benzene rings is 1. The van der Waals surface area contributed by atoms with Crippen LogP contribution in [0.15, 0.2) is 24.3 Å². The molecule has 1 aromatic carbocycles. The maximum Gasteiger partial charge on any atom is 0.326 e. The van der Waals surface area contributed by atoms with E-state index in [1.54, 1.807) is 0 Å². The average Bonchev–Trinajstić information content (AvgIpc) is 2.96. The molecule has 1 aromatic rings. The van der Waals surface area contributed by atoms with Gasteiger partial charge in [0.25, 0.3) is 5.91 Å². The Bertz CT molecular complexity index is 857. The maximum absolute atomic E-state index is 13.3. The van der Waals surface area contributed by atoms with Crippen molar-refractivity contribution in [2.45, 2.75) is 65.0 Å². The Morgan fingerprint density at radius 3 is 2.53 bits per heavy atom. The smallest absolute Gasteiger partial charge is 0.326 e. The van der Waals surface area contributed by atoms with Crippen molar-refractivity contribution < 1.29 is 14.3 Å². The number of hydrogen-bond donors (Lipinski definition) is 1. The molecule has 2 heterocycles. The molecule has 0 radical (unpaired) electrons. The standard InChI is InChI=1S/C25H38N4O3/c1-6-28-16-19(32-21-10-8-7-9-20(21)28)15-27(5)17-29-22(30)25(26-23(29)31)13-11-18(12-14-25)24(2,3)4/h7-10,18-19H,6,11-17H2,1-5H3,(H,26,31)/t18?,19-,25?/m1/s1. The number of rotatable bonds is 5. The van der Waals surface area contributed by atoms with E-state index >= 15 is 0 Å². The van der Waals surface area contributed by atoms with Gasteiger partial charge in [-0.05, 0) is 63.1 Å². The largest absolute Gasteiger partial charge is 0.485 e. The van der Waals surface area contributed by atoms with E-state index in [2.05, 4.69) is 44.0 Å². The van der Waals surface area contributed by atoms with Gasteiger partial charge in [-0.3, -0.25) is 9.69 Å². The minimum absolute atomic E-state index is 0.0215. The minimum atomic E-state index is -0.709. The number of urea groups is 1. The van der Waals surface area contributed by atoms with Crippen LogP contribution in [-0.2, 0) is 4.79 Å². The van der Waals surface area contributed by atoms with Crippen molar-refractivity contribution >= 4 is 17.6 Å². The summed E-state index contributed by atoms with van der Waals surface area (Å²) in [4.78, 5) is 31.8. The van der Waals surface area contributed by atoms with E-state index in [0.29, 0.717) is 12.5 Å². The maximum atomic E-state index is 13.3. The van der Waals surface area contributed by atoms with E-state index in [9.17, 15) is 9.59 Å². The molecule has 1 saturated heterocycles. The molecular weight excluding hydrogens is 404 g/mol. The fourth-order valence-corrected chi connectivity index (χ4v) is 5.54. The summed E-state index contributed by atoms with van der Waals surface area (Å²) < 4.78 is 6.22. The molecule has 0 bridgehead atoms. The van der Waals surface area contributed by atoms with Crippen molar-refractivity contribution in [3.8, 4) is 5.75 Å². The predicted molar refractivity (Wildman–Crippen MR) is 126 cm³/mol. The quantitative estimate of drug-likeness (QED) is 0.705. The van der Waals surface area contributed by atoms with Crippen LogP contribution in [0, 0.1) is 11.3 Å². The van der Waals surface area contributed by atoms with Crippen molar-refractivity contribution in [2.24, 2.45) is 11.3 Å². The molecule has 7 nitrogen and oxygen atoms in total. The van der Waals surface area contributed by atoms with E-state index in [0.717, 1.165) is 50.2 Å². The number of ether oxygens (including phenoxy) is 1. The molecule has 1 N–H and O–H groups in total. The van der Waals surface area contributed by atoms with Crippen molar-refractivity contribution in [3.05, 3.63) is 24.3 Å². The molecule has 1 saturated carbocycles. The number of fused-ring (bicyclic) bond motifs is 1. The SMILES string of the molecule is CCN1C[C@@H](CN(C)CN2C(=O)NC3(CCC(C(C)(C)C)CC3)C2=O)Oc2ccccc21. The molecule has 0 unspecified atom stereocenters. The Kier molecular flexibility index (Phi) is 6.14. The number of hydrogen-bond acceptors (Lipinski definition) is 5. The van der Waals surface area contributed by atoms with E-state index in [1.807, 2.05) is 30.1 Å². The molecule has 2 fully saturated rings. The van der Waals surface area contributed by atoms with Crippen LogP contribution in [0.4, 0.5) is 10.5 Å². The summed E-state index contributed by atoms with van der Waals surface area (Å²) >= 11 is 0. The van der Waals surface area contributed by atoms with Crippen molar-refractivity contribution in [1.29, 1.82) is 0 Å². The normalized spacial score (nSPS) is 28.2. The molecule has 1 atom stereocenters. The fourth-order valence-electron chi connectivity index (χ4n) is 5.54. The lowest BCUT2D eigenvalue weighted by Gasteiger charge is -2.40. The first-order valence-electron chi connectivity index (χ1n) is 12.0. The van der Waals surface area contributed by atoms with Gasteiger partial charge in [0.05, 0.1) is 18.9 Å². The number of anilines is 1. The van der Waals surface area contributed by atoms with Crippen LogP contribution in [0.3, 0.4) is 0 Å². The van der Waals surface area contributed by atoms with Gasteiger partial charge in [-0.1, -0.05) is 32.9 Å². The van der Waals surface area contributed by atoms with Gasteiger partial charge in [0.2, 0.25) is 0 Å². The van der Waals surface area contributed by atoms with Gasteiger partial charge in [-0.2, -0.15) is 0 Å². The van der Waals surface area contributed by atoms with E-state index < -0.39 is 5.54 Å². The summed E-state index contributed by atoms with van der Waals surface area (Å²) in [5.41, 5.74) is 0.646. The Balaban J connectivity index is 1.36. The van der Waals surface area contributed by atoms with E-state index in [4.69, 9.17) is 4.74 Å². The first-order valence-corrected chi connectivity index (χ1v) is 12.0. The highest BCUT2D eigenvalue weighted by molar-refractivity contribution is 6.07. The lowest BCUT2D eigenvalue weighted by Crippen LogP contribution is -2.51. The Morgan fingerprint density at radius 2 is 1.88 bits per heavy atom. The Morgan fingerprint density at radius 1 is 1.19 bits per heavy atom. The van der Waals surface area contributed by atoms with Crippen LogP contribution in [0.5, 0.6) is 5.75 Å². The zero-order valence-corrected chi connectivity index (χ0v) is 20.2. The number of amides is 3. The average molecular weight is 443 g/mol. The van der Waals surface area contributed by atoms with Gasteiger partial charge in [0, 0.05) is 13.1 Å². The number of para-hydroxylation sites is 2. The molecule has 3 amide bonds. The second-order valence-electron chi connectivity index (χ2n) is 10.8. The topological polar surface area (TPSA) is 65.1 Å². The van der Waals surface area contributed by atoms with E-state index in [-0.39, 0.29) is 30.1 Å². The third-order valence-electron chi connectivity index (χ3n) is 7.51. The predicted octanol–water partition coefficient (Wildman–Crippen LogP) is 3.69. The third kappa shape index (κ3) is 4.32. The number of imide groups is 1. The third-order valence-corrected chi connectivity index (χ3v) is 7.51. The highest BCUT2D eigenvalue weighted by Crippen LogP contribution is 2.43. The molecule has 1 spiro atoms. The second-order valence-corrected chi connectivity index (χ2v) is 10.8. The van der Waals surface area contributed by atoms with Crippen molar-refractivity contribution in [3.63, 3.8) is 0 Å². The van der Waals surface area contributed by atoms with Crippen molar-refractivity contribution in [2.75, 3.05) is 38.3 Å². The molecule has 7 heteroatoms. The first kappa shape index (κ1) is 22.9. The summed E-state index contributed by atoms with van der Waals surface area (Å²) in [7, 11) is 1.95. The molecule has 176 valence electrons. The van der Waals surface area contributed by atoms with Crippen LogP contribution in [-0.4, -0.2) is 66.7 Å². The van der Waals surface area contributed by atoms with E-state index in [1.165, 1.54) is 4.90 Å². The van der Waals surface area contributed by atoms with Crippen LogP contribution in [0.2, 0.25) is 0 Å². The summed E-state index contributed by atoms with van der Waals surface area (Å²) in [5, 5.41) is 3.05. The summed E-state index contributed by atoms with van der Waals surface area (Å²) in [6.45, 7) is 11.5. The number of nitrogens with zero attached hydrogens (tertiary/aromatic N) is 3. The molecule has 1 aliphatic carbocycles. The summed E-state index contributed by atoms with van der Waals surface area (Å²) in [6, 6.07) is 7.83. The van der Waals surface area contributed by atoms with Gasteiger partial charge in [0.1, 0.15) is 17.4 Å². The lowest BCUT2D eigenvalue weighted by molar-refractivity contribution is -0.134. The van der Waals surface area contributed by atoms with Crippen LogP contribution >= 0.6 is 0 Å². The van der Waals surface area contributed by atoms with Gasteiger partial charge in [0.15, 0.2) is 0 Å².